The number of carbonyl (C=O) groups is 1. The monoisotopic (exact) mass is 247 g/mol. The molecule has 4 nitrogen and oxygen atoms in total. The highest BCUT2D eigenvalue weighted by Crippen LogP contribution is 2.16. The molecule has 18 heavy (non-hydrogen) atoms. The van der Waals surface area contributed by atoms with Crippen molar-refractivity contribution in [3.63, 3.8) is 0 Å². The lowest BCUT2D eigenvalue weighted by atomic mass is 9.80. The minimum Gasteiger partial charge on any atom is -0.489 e. The maximum atomic E-state index is 11.8. The summed E-state index contributed by atoms with van der Waals surface area (Å²) in [6, 6.07) is 8.92. The van der Waals surface area contributed by atoms with Crippen LogP contribution in [0.3, 0.4) is 0 Å². The Morgan fingerprint density at radius 3 is 2.56 bits per heavy atom. The van der Waals surface area contributed by atoms with Crippen LogP contribution in [-0.4, -0.2) is 36.2 Å². The second-order valence-electron chi connectivity index (χ2n) is 4.82. The predicted molar refractivity (Wildman–Crippen MR) is 70.5 cm³/mol. The van der Waals surface area contributed by atoms with Gasteiger partial charge in [0.05, 0.1) is 0 Å². The number of amides is 1. The summed E-state index contributed by atoms with van der Waals surface area (Å²) in [5, 5.41) is 9.80. The van der Waals surface area contributed by atoms with Crippen LogP contribution in [0.2, 0.25) is 0 Å². The Morgan fingerprint density at radius 2 is 1.94 bits per heavy atom. The maximum absolute atomic E-state index is 11.8. The molecule has 1 N–H and O–H groups in total. The summed E-state index contributed by atoms with van der Waals surface area (Å²) in [6.07, 6.45) is 1.56. The average Bonchev–Trinajstić information content (AvgIpc) is 2.40. The van der Waals surface area contributed by atoms with Crippen LogP contribution in [0.5, 0.6) is 0 Å². The lowest BCUT2D eigenvalue weighted by Crippen LogP contribution is -2.44. The molecular formula is C13H18BNO3. The summed E-state index contributed by atoms with van der Waals surface area (Å²) in [4.78, 5) is 13.5. The van der Waals surface area contributed by atoms with Gasteiger partial charge in [-0.3, -0.25) is 0 Å². The van der Waals surface area contributed by atoms with E-state index in [4.69, 9.17) is 4.65 Å². The number of nitrogens with zero attached hydrogens (tertiary/aromatic N) is 1. The molecule has 1 aromatic carbocycles. The van der Waals surface area contributed by atoms with Gasteiger partial charge in [-0.15, -0.1) is 0 Å². The second-order valence-corrected chi connectivity index (χ2v) is 4.82. The van der Waals surface area contributed by atoms with Crippen molar-refractivity contribution in [1.29, 1.82) is 0 Å². The SMILES string of the molecule is CC1CCN(C(=O)OB(O)c2ccccc2)CC1. The largest absolute Gasteiger partial charge is 0.563 e. The Hall–Kier alpha value is -1.49. The average molecular weight is 247 g/mol. The smallest absolute Gasteiger partial charge is 0.489 e. The molecule has 1 aliphatic rings. The van der Waals surface area contributed by atoms with Crippen LogP contribution in [-0.2, 0) is 4.65 Å². The summed E-state index contributed by atoms with van der Waals surface area (Å²) in [5.74, 6) is 0.660. The Morgan fingerprint density at radius 1 is 1.33 bits per heavy atom. The van der Waals surface area contributed by atoms with E-state index in [-0.39, 0.29) is 0 Å². The van der Waals surface area contributed by atoms with E-state index in [0.717, 1.165) is 12.8 Å². The molecule has 2 rings (SSSR count). The molecule has 0 radical (unpaired) electrons. The van der Waals surface area contributed by atoms with Crippen molar-refractivity contribution >= 4 is 18.7 Å². The van der Waals surface area contributed by atoms with Gasteiger partial charge in [0.1, 0.15) is 0 Å². The Balaban J connectivity index is 1.87. The fraction of sp³-hybridized carbons (Fsp3) is 0.462. The van der Waals surface area contributed by atoms with Crippen LogP contribution < -0.4 is 5.46 Å². The molecular weight excluding hydrogens is 229 g/mol. The van der Waals surface area contributed by atoms with E-state index in [1.807, 2.05) is 6.07 Å². The van der Waals surface area contributed by atoms with Crippen LogP contribution in [0, 0.1) is 5.92 Å². The zero-order chi connectivity index (χ0) is 13.0. The predicted octanol–water partition coefficient (Wildman–Crippen LogP) is 1.24. The molecule has 0 unspecified atom stereocenters. The lowest BCUT2D eigenvalue weighted by molar-refractivity contribution is 0.127. The normalized spacial score (nSPS) is 16.4. The molecule has 1 aromatic rings. The molecule has 1 aliphatic heterocycles. The molecule has 0 aliphatic carbocycles. The Bertz CT molecular complexity index is 390. The maximum Gasteiger partial charge on any atom is 0.563 e. The van der Waals surface area contributed by atoms with E-state index in [1.54, 1.807) is 29.2 Å². The first-order valence-corrected chi connectivity index (χ1v) is 6.35. The molecule has 96 valence electrons. The van der Waals surface area contributed by atoms with E-state index < -0.39 is 13.2 Å². The van der Waals surface area contributed by atoms with Gasteiger partial charge in [0.15, 0.2) is 0 Å². The first kappa shape index (κ1) is 13.0. The van der Waals surface area contributed by atoms with E-state index in [1.165, 1.54) is 0 Å². The highest BCUT2D eigenvalue weighted by molar-refractivity contribution is 6.61. The van der Waals surface area contributed by atoms with Gasteiger partial charge in [-0.05, 0) is 24.2 Å². The van der Waals surface area contributed by atoms with Gasteiger partial charge in [-0.25, -0.2) is 4.79 Å². The fourth-order valence-corrected chi connectivity index (χ4v) is 2.05. The Kier molecular flexibility index (Phi) is 4.26. The fourth-order valence-electron chi connectivity index (χ4n) is 2.05. The molecule has 0 atom stereocenters. The molecule has 1 saturated heterocycles. The van der Waals surface area contributed by atoms with Crippen molar-refractivity contribution < 1.29 is 14.5 Å². The van der Waals surface area contributed by atoms with Gasteiger partial charge in [-0.2, -0.15) is 0 Å². The van der Waals surface area contributed by atoms with Crippen LogP contribution in [0.4, 0.5) is 4.79 Å². The number of likely N-dealkylation sites (tertiary alicyclic amines) is 1. The molecule has 5 heteroatoms. The van der Waals surface area contributed by atoms with Crippen LogP contribution in [0.25, 0.3) is 0 Å². The highest BCUT2D eigenvalue weighted by atomic mass is 16.6. The molecule has 1 amide bonds. The summed E-state index contributed by atoms with van der Waals surface area (Å²) < 4.78 is 5.05. The number of piperidine rings is 1. The van der Waals surface area contributed by atoms with Crippen molar-refractivity contribution in [2.24, 2.45) is 5.92 Å². The third kappa shape index (κ3) is 3.26. The zero-order valence-electron chi connectivity index (χ0n) is 10.6. The Labute approximate surface area is 108 Å². The summed E-state index contributed by atoms with van der Waals surface area (Å²) >= 11 is 0. The minimum atomic E-state index is -1.18. The van der Waals surface area contributed by atoms with Crippen LogP contribution >= 0.6 is 0 Å². The van der Waals surface area contributed by atoms with E-state index in [0.29, 0.717) is 24.5 Å². The van der Waals surface area contributed by atoms with Gasteiger partial charge < -0.3 is 14.6 Å². The van der Waals surface area contributed by atoms with Crippen LogP contribution in [0.1, 0.15) is 19.8 Å². The van der Waals surface area contributed by atoms with Gasteiger partial charge in [0, 0.05) is 13.1 Å². The third-order valence-corrected chi connectivity index (χ3v) is 3.34. The molecule has 0 spiro atoms. The molecule has 1 heterocycles. The first-order valence-electron chi connectivity index (χ1n) is 6.35. The quantitative estimate of drug-likeness (QED) is 0.800. The number of hydrogen-bond acceptors (Lipinski definition) is 3. The number of carbonyl (C=O) groups excluding carboxylic acids is 1. The lowest BCUT2D eigenvalue weighted by Gasteiger charge is -2.30. The zero-order valence-corrected chi connectivity index (χ0v) is 10.6. The van der Waals surface area contributed by atoms with Crippen molar-refractivity contribution in [1.82, 2.24) is 4.90 Å². The molecule has 0 saturated carbocycles. The second kappa shape index (κ2) is 5.91. The van der Waals surface area contributed by atoms with Crippen molar-refractivity contribution in [2.45, 2.75) is 19.8 Å². The topological polar surface area (TPSA) is 49.8 Å². The molecule has 1 fully saturated rings. The number of hydrogen-bond donors (Lipinski definition) is 1. The third-order valence-electron chi connectivity index (χ3n) is 3.34. The van der Waals surface area contributed by atoms with Crippen molar-refractivity contribution in [3.8, 4) is 0 Å². The van der Waals surface area contributed by atoms with E-state index in [9.17, 15) is 9.82 Å². The highest BCUT2D eigenvalue weighted by Gasteiger charge is 2.27. The first-order chi connectivity index (χ1) is 8.66. The van der Waals surface area contributed by atoms with Gasteiger partial charge in [0.2, 0.25) is 0 Å². The van der Waals surface area contributed by atoms with Gasteiger partial charge in [-0.1, -0.05) is 37.3 Å². The van der Waals surface area contributed by atoms with Gasteiger partial charge >= 0.3 is 13.2 Å². The van der Waals surface area contributed by atoms with E-state index >= 15 is 0 Å². The van der Waals surface area contributed by atoms with Crippen molar-refractivity contribution in [2.75, 3.05) is 13.1 Å². The molecule has 0 aromatic heterocycles. The standard InChI is InChI=1S/C13H18BNO3/c1-11-7-9-15(10-8-11)13(16)18-14(17)12-5-3-2-4-6-12/h2-6,11,17H,7-10H2,1H3. The number of rotatable bonds is 2. The summed E-state index contributed by atoms with van der Waals surface area (Å²) in [7, 11) is -1.18. The minimum absolute atomic E-state index is 0.432. The summed E-state index contributed by atoms with van der Waals surface area (Å²) in [6.45, 7) is 3.60. The van der Waals surface area contributed by atoms with Crippen molar-refractivity contribution in [3.05, 3.63) is 30.3 Å². The molecule has 0 bridgehead atoms. The van der Waals surface area contributed by atoms with E-state index in [2.05, 4.69) is 6.92 Å². The number of benzene rings is 1. The summed E-state index contributed by atoms with van der Waals surface area (Å²) in [5.41, 5.74) is 0.594. The van der Waals surface area contributed by atoms with Gasteiger partial charge in [0.25, 0.3) is 0 Å². The van der Waals surface area contributed by atoms with Crippen LogP contribution in [0.15, 0.2) is 30.3 Å².